The van der Waals surface area contributed by atoms with Crippen molar-refractivity contribution in [3.63, 3.8) is 0 Å². The summed E-state index contributed by atoms with van der Waals surface area (Å²) in [5, 5.41) is 3.40. The molecule has 0 bridgehead atoms. The maximum atomic E-state index is 12.4. The summed E-state index contributed by atoms with van der Waals surface area (Å²) < 4.78 is 0. The van der Waals surface area contributed by atoms with E-state index < -0.39 is 0 Å². The lowest BCUT2D eigenvalue weighted by molar-refractivity contribution is -0.133. The van der Waals surface area contributed by atoms with E-state index >= 15 is 0 Å². The van der Waals surface area contributed by atoms with Gasteiger partial charge in [0.2, 0.25) is 5.91 Å². The van der Waals surface area contributed by atoms with E-state index in [9.17, 15) is 4.79 Å². The summed E-state index contributed by atoms with van der Waals surface area (Å²) in [4.78, 5) is 16.6. The molecule has 1 aliphatic rings. The van der Waals surface area contributed by atoms with Gasteiger partial charge >= 0.3 is 0 Å². The molecule has 4 heteroatoms. The molecule has 1 aromatic carbocycles. The largest absolute Gasteiger partial charge is 0.338 e. The molecular weight excluding hydrogens is 250 g/mol. The Kier molecular flexibility index (Phi) is 5.56. The standard InChI is InChI=1S/C16H25N3O/c1-3-19(12-15-7-5-4-6-8-15)16(20)13-18-10-9-17-14(2)11-18/h4-8,14,17H,3,9-13H2,1-2H3/t14-/m1/s1. The first-order valence-corrected chi connectivity index (χ1v) is 7.46. The third-order valence-electron chi connectivity index (χ3n) is 3.76. The molecule has 1 fully saturated rings. The lowest BCUT2D eigenvalue weighted by atomic mass is 10.2. The van der Waals surface area contributed by atoms with Crippen LogP contribution in [0.25, 0.3) is 0 Å². The molecule has 1 aromatic rings. The van der Waals surface area contributed by atoms with Crippen LogP contribution in [-0.2, 0) is 11.3 Å². The Balaban J connectivity index is 1.88. The maximum absolute atomic E-state index is 12.4. The van der Waals surface area contributed by atoms with Crippen LogP contribution in [-0.4, -0.2) is 54.5 Å². The first-order chi connectivity index (χ1) is 9.69. The van der Waals surface area contributed by atoms with E-state index in [1.54, 1.807) is 0 Å². The van der Waals surface area contributed by atoms with Gasteiger partial charge in [-0.25, -0.2) is 0 Å². The van der Waals surface area contributed by atoms with Crippen molar-refractivity contribution in [2.75, 3.05) is 32.7 Å². The molecule has 20 heavy (non-hydrogen) atoms. The van der Waals surface area contributed by atoms with Gasteiger partial charge in [-0.2, -0.15) is 0 Å². The van der Waals surface area contributed by atoms with E-state index in [1.165, 1.54) is 5.56 Å². The van der Waals surface area contributed by atoms with Gasteiger partial charge in [0.25, 0.3) is 0 Å². The Morgan fingerprint density at radius 1 is 1.40 bits per heavy atom. The maximum Gasteiger partial charge on any atom is 0.237 e. The van der Waals surface area contributed by atoms with E-state index in [0.717, 1.165) is 26.2 Å². The summed E-state index contributed by atoms with van der Waals surface area (Å²) in [5.74, 6) is 0.227. The fourth-order valence-corrected chi connectivity index (χ4v) is 2.63. The number of likely N-dealkylation sites (N-methyl/N-ethyl adjacent to an activating group) is 1. The van der Waals surface area contributed by atoms with Crippen molar-refractivity contribution in [1.29, 1.82) is 0 Å². The molecule has 0 aromatic heterocycles. The van der Waals surface area contributed by atoms with Crippen molar-refractivity contribution in [3.8, 4) is 0 Å². The van der Waals surface area contributed by atoms with E-state index in [4.69, 9.17) is 0 Å². The fraction of sp³-hybridized carbons (Fsp3) is 0.562. The second kappa shape index (κ2) is 7.41. The summed E-state index contributed by atoms with van der Waals surface area (Å²) in [6.07, 6.45) is 0. The van der Waals surface area contributed by atoms with Crippen LogP contribution in [0.5, 0.6) is 0 Å². The number of rotatable bonds is 5. The number of amides is 1. The second-order valence-corrected chi connectivity index (χ2v) is 5.48. The number of hydrogen-bond acceptors (Lipinski definition) is 3. The van der Waals surface area contributed by atoms with Crippen LogP contribution < -0.4 is 5.32 Å². The lowest BCUT2D eigenvalue weighted by Crippen LogP contribution is -2.52. The van der Waals surface area contributed by atoms with Gasteiger partial charge < -0.3 is 10.2 Å². The number of hydrogen-bond donors (Lipinski definition) is 1. The zero-order valence-corrected chi connectivity index (χ0v) is 12.5. The van der Waals surface area contributed by atoms with E-state index in [2.05, 4.69) is 29.3 Å². The number of benzene rings is 1. The molecule has 1 aliphatic heterocycles. The Bertz CT molecular complexity index is 421. The van der Waals surface area contributed by atoms with Crippen molar-refractivity contribution in [2.45, 2.75) is 26.4 Å². The number of carbonyl (C=O) groups is 1. The molecule has 0 saturated carbocycles. The Labute approximate surface area is 121 Å². The third-order valence-corrected chi connectivity index (χ3v) is 3.76. The van der Waals surface area contributed by atoms with Crippen molar-refractivity contribution < 1.29 is 4.79 Å². The van der Waals surface area contributed by atoms with Gasteiger partial charge in [-0.3, -0.25) is 9.69 Å². The zero-order valence-electron chi connectivity index (χ0n) is 12.5. The number of nitrogens with zero attached hydrogens (tertiary/aromatic N) is 2. The van der Waals surface area contributed by atoms with Gasteiger partial charge in [-0.1, -0.05) is 30.3 Å². The van der Waals surface area contributed by atoms with Crippen LogP contribution in [0, 0.1) is 0 Å². The highest BCUT2D eigenvalue weighted by Gasteiger charge is 2.20. The quantitative estimate of drug-likeness (QED) is 0.880. The summed E-state index contributed by atoms with van der Waals surface area (Å²) in [6, 6.07) is 10.7. The third kappa shape index (κ3) is 4.32. The molecule has 1 N–H and O–H groups in total. The molecule has 1 amide bonds. The lowest BCUT2D eigenvalue weighted by Gasteiger charge is -2.33. The van der Waals surface area contributed by atoms with E-state index in [1.807, 2.05) is 30.0 Å². The molecular formula is C16H25N3O. The molecule has 1 saturated heterocycles. The molecule has 110 valence electrons. The van der Waals surface area contributed by atoms with Crippen LogP contribution in [0.4, 0.5) is 0 Å². The van der Waals surface area contributed by atoms with Crippen molar-refractivity contribution in [2.24, 2.45) is 0 Å². The smallest absolute Gasteiger partial charge is 0.237 e. The van der Waals surface area contributed by atoms with Gasteiger partial charge in [0.1, 0.15) is 0 Å². The predicted octanol–water partition coefficient (Wildman–Crippen LogP) is 1.33. The average molecular weight is 275 g/mol. The minimum atomic E-state index is 0.227. The number of nitrogens with one attached hydrogen (secondary N) is 1. The monoisotopic (exact) mass is 275 g/mol. The van der Waals surface area contributed by atoms with Crippen LogP contribution >= 0.6 is 0 Å². The van der Waals surface area contributed by atoms with Crippen molar-refractivity contribution >= 4 is 5.91 Å². The molecule has 0 radical (unpaired) electrons. The van der Waals surface area contributed by atoms with Gasteiger partial charge in [0.15, 0.2) is 0 Å². The minimum absolute atomic E-state index is 0.227. The van der Waals surface area contributed by atoms with Crippen molar-refractivity contribution in [1.82, 2.24) is 15.1 Å². The minimum Gasteiger partial charge on any atom is -0.338 e. The summed E-state index contributed by atoms with van der Waals surface area (Å²) >= 11 is 0. The van der Waals surface area contributed by atoms with E-state index in [-0.39, 0.29) is 5.91 Å². The van der Waals surface area contributed by atoms with Gasteiger partial charge in [0, 0.05) is 38.8 Å². The highest BCUT2D eigenvalue weighted by Crippen LogP contribution is 2.06. The molecule has 0 spiro atoms. The van der Waals surface area contributed by atoms with Crippen LogP contribution in [0.3, 0.4) is 0 Å². The topological polar surface area (TPSA) is 35.6 Å². The van der Waals surface area contributed by atoms with Crippen LogP contribution in [0.15, 0.2) is 30.3 Å². The first kappa shape index (κ1) is 15.0. The summed E-state index contributed by atoms with van der Waals surface area (Å²) in [6.45, 7) is 9.09. The Hall–Kier alpha value is -1.39. The Morgan fingerprint density at radius 2 is 2.15 bits per heavy atom. The molecule has 1 heterocycles. The molecule has 4 nitrogen and oxygen atoms in total. The predicted molar refractivity (Wildman–Crippen MR) is 81.4 cm³/mol. The van der Waals surface area contributed by atoms with Crippen molar-refractivity contribution in [3.05, 3.63) is 35.9 Å². The molecule has 1 atom stereocenters. The van der Waals surface area contributed by atoms with Crippen LogP contribution in [0.2, 0.25) is 0 Å². The van der Waals surface area contributed by atoms with Gasteiger partial charge in [-0.05, 0) is 19.4 Å². The first-order valence-electron chi connectivity index (χ1n) is 7.46. The SMILES string of the molecule is CCN(Cc1ccccc1)C(=O)CN1CCN[C@H](C)C1. The summed E-state index contributed by atoms with van der Waals surface area (Å²) in [7, 11) is 0. The van der Waals surface area contributed by atoms with Crippen LogP contribution in [0.1, 0.15) is 19.4 Å². The highest BCUT2D eigenvalue weighted by molar-refractivity contribution is 5.78. The fourth-order valence-electron chi connectivity index (χ4n) is 2.63. The summed E-state index contributed by atoms with van der Waals surface area (Å²) in [5.41, 5.74) is 1.19. The zero-order chi connectivity index (χ0) is 14.4. The average Bonchev–Trinajstić information content (AvgIpc) is 2.45. The Morgan fingerprint density at radius 3 is 2.80 bits per heavy atom. The van der Waals surface area contributed by atoms with E-state index in [0.29, 0.717) is 19.1 Å². The van der Waals surface area contributed by atoms with Gasteiger partial charge in [0.05, 0.1) is 6.54 Å². The number of carbonyl (C=O) groups excluding carboxylic acids is 1. The molecule has 0 unspecified atom stereocenters. The molecule has 2 rings (SSSR count). The number of piperazine rings is 1. The second-order valence-electron chi connectivity index (χ2n) is 5.48. The molecule has 0 aliphatic carbocycles. The normalized spacial score (nSPS) is 19.8. The van der Waals surface area contributed by atoms with Gasteiger partial charge in [-0.15, -0.1) is 0 Å². The highest BCUT2D eigenvalue weighted by atomic mass is 16.2.